The van der Waals surface area contributed by atoms with Crippen molar-refractivity contribution in [3.05, 3.63) is 0 Å². The molecule has 0 aliphatic heterocycles. The summed E-state index contributed by atoms with van der Waals surface area (Å²) in [6.45, 7) is 0. The van der Waals surface area contributed by atoms with Crippen LogP contribution in [0, 0.1) is 0 Å². The van der Waals surface area contributed by atoms with Gasteiger partial charge < -0.3 is 6.15 Å². The maximum absolute atomic E-state index is 8.94. The zero-order valence-electron chi connectivity index (χ0n) is 3.61. The van der Waals surface area contributed by atoms with Crippen molar-refractivity contribution < 1.29 is 16.0 Å². The molecular weight excluding hydrogens is 177 g/mol. The van der Waals surface area contributed by atoms with E-state index in [0.717, 1.165) is 0 Å². The summed E-state index contributed by atoms with van der Waals surface area (Å²) in [5.41, 5.74) is 0. The molecule has 42 valence electrons. The summed E-state index contributed by atoms with van der Waals surface area (Å²) in [7, 11) is 0. The second-order valence-corrected chi connectivity index (χ2v) is 2.67. The third-order valence-electron chi connectivity index (χ3n) is 0. The van der Waals surface area contributed by atoms with Gasteiger partial charge in [0, 0.05) is 23.1 Å². The molecule has 0 unspecified atom stereocenters. The monoisotopic (exact) mass is 183 g/mol. The van der Waals surface area contributed by atoms with E-state index in [0.29, 0.717) is 0 Å². The van der Waals surface area contributed by atoms with E-state index >= 15 is 0 Å². The molecule has 0 bridgehead atoms. The van der Waals surface area contributed by atoms with Gasteiger partial charge in [0.05, 0.1) is 0 Å². The molecule has 0 heterocycles. The molecule has 0 saturated carbocycles. The summed E-state index contributed by atoms with van der Waals surface area (Å²) in [6, 6.07) is 0. The molecule has 0 fully saturated rings. The number of hydrogen-bond donors (Lipinski definition) is 4. The van der Waals surface area contributed by atoms with E-state index in [4.69, 9.17) is 16.0 Å². The van der Waals surface area contributed by atoms with Crippen molar-refractivity contribution in [2.75, 3.05) is 0 Å². The van der Waals surface area contributed by atoms with Crippen LogP contribution in [0.4, 0.5) is 0 Å². The smallest absolute Gasteiger partial charge is 0 e. The molecule has 0 aromatic carbocycles. The van der Waals surface area contributed by atoms with Gasteiger partial charge in [0.1, 0.15) is 0 Å². The van der Waals surface area contributed by atoms with Crippen molar-refractivity contribution >= 4 is 37.6 Å². The summed E-state index contributed by atoms with van der Waals surface area (Å²) in [6.07, 6.45) is 0. The average Bonchev–Trinajstić information content (AvgIpc) is 0.722. The standard InChI is InChI=1S/AsH3O4.Mg.H3N/c2-1(3,4)5;;/h(H3,2,3,4,5);;1H3. The predicted octanol–water partition coefficient (Wildman–Crippen LogP) is -2.39. The van der Waals surface area contributed by atoms with Crippen LogP contribution in [0.3, 0.4) is 0 Å². The first kappa shape index (κ1) is 15.7. The molecule has 0 rings (SSSR count). The van der Waals surface area contributed by atoms with Crippen LogP contribution in [0.5, 0.6) is 0 Å². The van der Waals surface area contributed by atoms with E-state index in [2.05, 4.69) is 0 Å². The molecule has 5 nitrogen and oxygen atoms in total. The van der Waals surface area contributed by atoms with Gasteiger partial charge in [-0.15, -0.1) is 0 Å². The van der Waals surface area contributed by atoms with Gasteiger partial charge in [0.15, 0.2) is 0 Å². The molecule has 0 aliphatic carbocycles. The van der Waals surface area contributed by atoms with Gasteiger partial charge in [0.25, 0.3) is 0 Å². The fourth-order valence-electron chi connectivity index (χ4n) is 0. The number of hydrogen-bond acceptors (Lipinski definition) is 2. The van der Waals surface area contributed by atoms with Crippen molar-refractivity contribution in [1.29, 1.82) is 0 Å². The number of rotatable bonds is 0. The minimum absolute atomic E-state index is 0. The minimum atomic E-state index is -5.12. The van der Waals surface area contributed by atoms with Gasteiger partial charge in [-0.3, -0.25) is 0 Å². The second-order valence-electron chi connectivity index (χ2n) is 0.513. The van der Waals surface area contributed by atoms with Gasteiger partial charge >= 0.3 is 30.5 Å². The van der Waals surface area contributed by atoms with E-state index < -0.39 is 14.5 Å². The molecule has 0 atom stereocenters. The van der Waals surface area contributed by atoms with E-state index in [-0.39, 0.29) is 29.2 Å². The van der Waals surface area contributed by atoms with E-state index in [9.17, 15) is 0 Å². The van der Waals surface area contributed by atoms with Crippen LogP contribution in [-0.2, 0) is 3.74 Å². The molecule has 0 saturated heterocycles. The molecule has 0 aliphatic rings. The Morgan fingerprint density at radius 1 is 1.14 bits per heavy atom. The van der Waals surface area contributed by atoms with Crippen LogP contribution in [0.15, 0.2) is 0 Å². The SMILES string of the molecule is N.O=[As](O)(O)O.[Mg]. The van der Waals surface area contributed by atoms with Crippen LogP contribution in [0.25, 0.3) is 0 Å². The zero-order valence-corrected chi connectivity index (χ0v) is 6.90. The molecule has 7 heteroatoms. The third-order valence-corrected chi connectivity index (χ3v) is 0. The van der Waals surface area contributed by atoms with E-state index in [1.807, 2.05) is 0 Å². The summed E-state index contributed by atoms with van der Waals surface area (Å²) in [4.78, 5) is 0. The Morgan fingerprint density at radius 3 is 1.14 bits per heavy atom. The van der Waals surface area contributed by atoms with Crippen LogP contribution in [0.1, 0.15) is 0 Å². The second kappa shape index (κ2) is 5.11. The van der Waals surface area contributed by atoms with Crippen LogP contribution in [0.2, 0.25) is 0 Å². The molecule has 0 spiro atoms. The Labute approximate surface area is 59.8 Å². The van der Waals surface area contributed by atoms with Crippen LogP contribution < -0.4 is 6.15 Å². The maximum Gasteiger partial charge on any atom is 0 e. The predicted molar refractivity (Wildman–Crippen MR) is 23.9 cm³/mol. The zero-order chi connectivity index (χ0) is 4.50. The van der Waals surface area contributed by atoms with Gasteiger partial charge in [-0.25, -0.2) is 0 Å². The van der Waals surface area contributed by atoms with Crippen molar-refractivity contribution in [3.63, 3.8) is 0 Å². The topological polar surface area (TPSA) is 113 Å². The Hall–Kier alpha value is 0.965. The fraction of sp³-hybridized carbons (Fsp3) is 0. The van der Waals surface area contributed by atoms with Gasteiger partial charge in [-0.2, -0.15) is 0 Å². The van der Waals surface area contributed by atoms with Crippen molar-refractivity contribution in [2.24, 2.45) is 0 Å². The molecule has 0 amide bonds. The Bertz CT molecular complexity index is 57.8. The molecule has 2 radical (unpaired) electrons. The van der Waals surface area contributed by atoms with Crippen LogP contribution >= 0.6 is 0 Å². The quantitative estimate of drug-likeness (QED) is 0.313. The maximum atomic E-state index is 8.94. The normalized spacial score (nSPS) is 8.43. The van der Waals surface area contributed by atoms with Crippen molar-refractivity contribution in [3.8, 4) is 0 Å². The van der Waals surface area contributed by atoms with Gasteiger partial charge in [-0.05, 0) is 0 Å². The summed E-state index contributed by atoms with van der Waals surface area (Å²) < 4.78 is 30.7. The first-order valence-electron chi connectivity index (χ1n) is 0.783. The molecule has 7 heavy (non-hydrogen) atoms. The third kappa shape index (κ3) is 184. The van der Waals surface area contributed by atoms with Gasteiger partial charge in [-0.1, -0.05) is 0 Å². The van der Waals surface area contributed by atoms with E-state index in [1.165, 1.54) is 0 Å². The average molecular weight is 183 g/mol. The molecule has 0 aromatic rings. The Morgan fingerprint density at radius 2 is 1.14 bits per heavy atom. The van der Waals surface area contributed by atoms with Gasteiger partial charge in [0.2, 0.25) is 0 Å². The van der Waals surface area contributed by atoms with Crippen LogP contribution in [-0.4, -0.2) is 49.9 Å². The Kier molecular flexibility index (Phi) is 11.4. The summed E-state index contributed by atoms with van der Waals surface area (Å²) in [5, 5.41) is 0. The molecular formula is H6AsMgNO4. The molecule has 0 aromatic heterocycles. The summed E-state index contributed by atoms with van der Waals surface area (Å²) in [5.74, 6) is 0. The first-order valence-corrected chi connectivity index (χ1v) is 4.07. The van der Waals surface area contributed by atoms with E-state index in [1.54, 1.807) is 0 Å². The largest absolute Gasteiger partial charge is 0 e. The fourth-order valence-corrected chi connectivity index (χ4v) is 0. The first-order chi connectivity index (χ1) is 2.00. The Balaban J connectivity index is -0.0000000800. The van der Waals surface area contributed by atoms with Crippen molar-refractivity contribution in [2.45, 2.75) is 0 Å². The van der Waals surface area contributed by atoms with Crippen molar-refractivity contribution in [1.82, 2.24) is 6.15 Å². The minimum Gasteiger partial charge on any atom is 0 e. The summed E-state index contributed by atoms with van der Waals surface area (Å²) >= 11 is -5.12. The molecule has 6 N–H and O–H groups in total.